The van der Waals surface area contributed by atoms with Gasteiger partial charge in [-0.25, -0.2) is 4.79 Å². The molecule has 2 aromatic carbocycles. The maximum atomic E-state index is 12.4. The van der Waals surface area contributed by atoms with E-state index in [0.717, 1.165) is 22.4 Å². The third kappa shape index (κ3) is 6.30. The first-order valence-corrected chi connectivity index (χ1v) is 9.24. The number of carboxylic acid groups (broad SMARTS) is 1. The van der Waals surface area contributed by atoms with Crippen LogP contribution in [0.1, 0.15) is 43.4 Å². The molecule has 1 unspecified atom stereocenters. The molecule has 0 saturated heterocycles. The first-order valence-electron chi connectivity index (χ1n) is 9.24. The molecule has 0 aromatic heterocycles. The molecule has 150 valence electrons. The van der Waals surface area contributed by atoms with Crippen LogP contribution >= 0.6 is 0 Å². The van der Waals surface area contributed by atoms with Gasteiger partial charge in [-0.15, -0.1) is 0 Å². The van der Waals surface area contributed by atoms with Gasteiger partial charge in [0.2, 0.25) is 0 Å². The fraction of sp³-hybridized carbons (Fsp3) is 0.364. The fourth-order valence-corrected chi connectivity index (χ4v) is 2.69. The maximum absolute atomic E-state index is 12.4. The van der Waals surface area contributed by atoms with Crippen LogP contribution in [0.5, 0.6) is 11.5 Å². The summed E-state index contributed by atoms with van der Waals surface area (Å²) in [7, 11) is 0. The molecule has 2 N–H and O–H groups in total. The van der Waals surface area contributed by atoms with Crippen molar-refractivity contribution in [1.82, 2.24) is 5.32 Å². The lowest BCUT2D eigenvalue weighted by Crippen LogP contribution is -2.36. The van der Waals surface area contributed by atoms with Gasteiger partial charge in [0.15, 0.2) is 12.7 Å². The third-order valence-corrected chi connectivity index (χ3v) is 4.19. The molecule has 0 aliphatic carbocycles. The van der Waals surface area contributed by atoms with Crippen molar-refractivity contribution in [3.8, 4) is 11.5 Å². The van der Waals surface area contributed by atoms with E-state index >= 15 is 0 Å². The number of amides is 1. The number of benzene rings is 2. The molecule has 0 aliphatic rings. The Balaban J connectivity index is 1.96. The first-order chi connectivity index (χ1) is 13.3. The van der Waals surface area contributed by atoms with E-state index in [4.69, 9.17) is 14.6 Å². The van der Waals surface area contributed by atoms with Gasteiger partial charge < -0.3 is 19.9 Å². The second-order valence-corrected chi connectivity index (χ2v) is 7.00. The molecule has 6 nitrogen and oxygen atoms in total. The van der Waals surface area contributed by atoms with Crippen molar-refractivity contribution in [3.05, 3.63) is 59.2 Å². The van der Waals surface area contributed by atoms with Crippen molar-refractivity contribution in [3.63, 3.8) is 0 Å². The topological polar surface area (TPSA) is 84.9 Å². The lowest BCUT2D eigenvalue weighted by molar-refractivity contribution is -0.139. The van der Waals surface area contributed by atoms with Crippen molar-refractivity contribution >= 4 is 11.9 Å². The average Bonchev–Trinajstić information content (AvgIpc) is 2.64. The van der Waals surface area contributed by atoms with E-state index < -0.39 is 18.7 Å². The van der Waals surface area contributed by atoms with E-state index in [-0.39, 0.29) is 5.91 Å². The van der Waals surface area contributed by atoms with Crippen LogP contribution in [0.4, 0.5) is 0 Å². The van der Waals surface area contributed by atoms with Crippen molar-refractivity contribution < 1.29 is 24.2 Å². The van der Waals surface area contributed by atoms with Crippen LogP contribution in [-0.4, -0.2) is 29.7 Å². The zero-order valence-electron chi connectivity index (χ0n) is 16.7. The number of aliphatic carboxylic acids is 1. The van der Waals surface area contributed by atoms with Crippen molar-refractivity contribution in [2.75, 3.05) is 6.61 Å². The van der Waals surface area contributed by atoms with E-state index in [0.29, 0.717) is 18.2 Å². The predicted octanol–water partition coefficient (Wildman–Crippen LogP) is 3.67. The molecule has 0 fully saturated rings. The molecule has 0 aliphatic heterocycles. The van der Waals surface area contributed by atoms with Crippen LogP contribution in [0.15, 0.2) is 42.5 Å². The molecule has 0 heterocycles. The number of carboxylic acids is 1. The molecule has 1 atom stereocenters. The van der Waals surface area contributed by atoms with Gasteiger partial charge in [0, 0.05) is 6.54 Å². The highest BCUT2D eigenvalue weighted by atomic mass is 16.5. The number of aryl methyl sites for hydroxylation is 1. The van der Waals surface area contributed by atoms with E-state index in [1.54, 1.807) is 25.1 Å². The Kier molecular flexibility index (Phi) is 7.44. The van der Waals surface area contributed by atoms with Gasteiger partial charge in [-0.3, -0.25) is 4.79 Å². The number of nitrogens with one attached hydrogen (secondary N) is 1. The van der Waals surface area contributed by atoms with Crippen LogP contribution in [0.25, 0.3) is 0 Å². The van der Waals surface area contributed by atoms with Crippen molar-refractivity contribution in [1.29, 1.82) is 0 Å². The SMILES string of the molecule is Cc1ccc(C(C)C)c(OC(C)C(=O)NCc2cccc(OCC(=O)O)c2)c1. The van der Waals surface area contributed by atoms with Gasteiger partial charge in [-0.1, -0.05) is 38.1 Å². The molecule has 0 radical (unpaired) electrons. The zero-order chi connectivity index (χ0) is 20.7. The average molecular weight is 385 g/mol. The highest BCUT2D eigenvalue weighted by Crippen LogP contribution is 2.28. The van der Waals surface area contributed by atoms with Gasteiger partial charge in [-0.2, -0.15) is 0 Å². The second kappa shape index (κ2) is 9.78. The van der Waals surface area contributed by atoms with E-state index in [1.807, 2.05) is 31.2 Å². The molecule has 0 bridgehead atoms. The van der Waals surface area contributed by atoms with Crippen LogP contribution < -0.4 is 14.8 Å². The Morgan fingerprint density at radius 3 is 2.54 bits per heavy atom. The lowest BCUT2D eigenvalue weighted by Gasteiger charge is -2.19. The largest absolute Gasteiger partial charge is 0.482 e. The molecular formula is C22H27NO5. The number of carbonyl (C=O) groups is 2. The Hall–Kier alpha value is -3.02. The highest BCUT2D eigenvalue weighted by Gasteiger charge is 2.17. The highest BCUT2D eigenvalue weighted by molar-refractivity contribution is 5.80. The molecule has 1 amide bonds. The van der Waals surface area contributed by atoms with Crippen molar-refractivity contribution in [2.45, 2.75) is 46.3 Å². The number of rotatable bonds is 9. The number of hydrogen-bond donors (Lipinski definition) is 2. The molecule has 2 aromatic rings. The Morgan fingerprint density at radius 1 is 1.11 bits per heavy atom. The molecule has 6 heteroatoms. The number of hydrogen-bond acceptors (Lipinski definition) is 4. The zero-order valence-corrected chi connectivity index (χ0v) is 16.7. The second-order valence-electron chi connectivity index (χ2n) is 7.00. The third-order valence-electron chi connectivity index (χ3n) is 4.19. The summed E-state index contributed by atoms with van der Waals surface area (Å²) in [6.07, 6.45) is -0.647. The summed E-state index contributed by atoms with van der Waals surface area (Å²) in [6, 6.07) is 13.0. The standard InChI is InChI=1S/C22H27NO5/c1-14(2)19-9-8-15(3)10-20(19)28-16(4)22(26)23-12-17-6-5-7-18(11-17)27-13-21(24)25/h5-11,14,16H,12-13H2,1-4H3,(H,23,26)(H,24,25). The van der Waals surface area contributed by atoms with Gasteiger partial charge >= 0.3 is 5.97 Å². The number of ether oxygens (including phenoxy) is 2. The number of carbonyl (C=O) groups excluding carboxylic acids is 1. The molecule has 0 spiro atoms. The van der Waals surface area contributed by atoms with Gasteiger partial charge in [0.25, 0.3) is 5.91 Å². The van der Waals surface area contributed by atoms with Crippen molar-refractivity contribution in [2.24, 2.45) is 0 Å². The summed E-state index contributed by atoms with van der Waals surface area (Å²) in [5.74, 6) is 0.190. The van der Waals surface area contributed by atoms with E-state index in [1.165, 1.54) is 0 Å². The van der Waals surface area contributed by atoms with Crippen LogP contribution in [-0.2, 0) is 16.1 Å². The monoisotopic (exact) mass is 385 g/mol. The molecular weight excluding hydrogens is 358 g/mol. The van der Waals surface area contributed by atoms with Crippen LogP contribution in [0, 0.1) is 6.92 Å². The van der Waals surface area contributed by atoms with E-state index in [9.17, 15) is 9.59 Å². The normalized spacial score (nSPS) is 11.8. The summed E-state index contributed by atoms with van der Waals surface area (Å²) in [6.45, 7) is 7.76. The fourth-order valence-electron chi connectivity index (χ4n) is 2.69. The smallest absolute Gasteiger partial charge is 0.341 e. The maximum Gasteiger partial charge on any atom is 0.341 e. The Labute approximate surface area is 165 Å². The van der Waals surface area contributed by atoms with Gasteiger partial charge in [0.1, 0.15) is 11.5 Å². The van der Waals surface area contributed by atoms with Gasteiger partial charge in [-0.05, 0) is 54.7 Å². The van der Waals surface area contributed by atoms with Gasteiger partial charge in [0.05, 0.1) is 0 Å². The summed E-state index contributed by atoms with van der Waals surface area (Å²) < 4.78 is 11.1. The minimum atomic E-state index is -1.04. The van der Waals surface area contributed by atoms with Crippen LogP contribution in [0.3, 0.4) is 0 Å². The first kappa shape index (κ1) is 21.3. The summed E-state index contributed by atoms with van der Waals surface area (Å²) >= 11 is 0. The van der Waals surface area contributed by atoms with E-state index in [2.05, 4.69) is 19.2 Å². The molecule has 0 saturated carbocycles. The quantitative estimate of drug-likeness (QED) is 0.688. The summed E-state index contributed by atoms with van der Waals surface area (Å²) in [5, 5.41) is 11.5. The minimum absolute atomic E-state index is 0.229. The molecule has 2 rings (SSSR count). The lowest BCUT2D eigenvalue weighted by atomic mass is 10.0. The van der Waals surface area contributed by atoms with Crippen LogP contribution in [0.2, 0.25) is 0 Å². The summed E-state index contributed by atoms with van der Waals surface area (Å²) in [4.78, 5) is 23.0. The Morgan fingerprint density at radius 2 is 1.86 bits per heavy atom. The minimum Gasteiger partial charge on any atom is -0.482 e. The Bertz CT molecular complexity index is 831. The molecule has 28 heavy (non-hydrogen) atoms. The summed E-state index contributed by atoms with van der Waals surface area (Å²) in [5.41, 5.74) is 2.94. The predicted molar refractivity (Wildman–Crippen MR) is 107 cm³/mol.